The van der Waals surface area contributed by atoms with Crippen LogP contribution in [0.5, 0.6) is 5.75 Å². The summed E-state index contributed by atoms with van der Waals surface area (Å²) in [6.07, 6.45) is 3.74. The number of rotatable bonds is 6. The lowest BCUT2D eigenvalue weighted by Crippen LogP contribution is -2.38. The second-order valence-electron chi connectivity index (χ2n) is 6.51. The molecule has 0 aromatic heterocycles. The summed E-state index contributed by atoms with van der Waals surface area (Å²) in [5.41, 5.74) is 7.33. The highest BCUT2D eigenvalue weighted by atomic mass is 35.5. The average Bonchev–Trinajstić information content (AvgIpc) is 2.57. The number of nitrogens with one attached hydrogen (secondary N) is 2. The summed E-state index contributed by atoms with van der Waals surface area (Å²) < 4.78 is 5.23. The normalized spacial score (nSPS) is 20.0. The van der Waals surface area contributed by atoms with Crippen LogP contribution in [-0.2, 0) is 9.59 Å². The number of amides is 2. The van der Waals surface area contributed by atoms with Gasteiger partial charge < -0.3 is 21.1 Å². The lowest BCUT2D eigenvalue weighted by atomic mass is 9.85. The highest BCUT2D eigenvalue weighted by Crippen LogP contribution is 2.31. The Morgan fingerprint density at radius 2 is 2.12 bits per heavy atom. The van der Waals surface area contributed by atoms with Gasteiger partial charge in [0.15, 0.2) is 0 Å². The van der Waals surface area contributed by atoms with Gasteiger partial charge in [-0.05, 0) is 37.8 Å². The molecule has 0 saturated heterocycles. The van der Waals surface area contributed by atoms with E-state index in [4.69, 9.17) is 22.1 Å². The Labute approximate surface area is 153 Å². The van der Waals surface area contributed by atoms with Gasteiger partial charge in [0.25, 0.3) is 0 Å². The molecule has 0 radical (unpaired) electrons. The molecule has 0 bridgehead atoms. The largest absolute Gasteiger partial charge is 0.495 e. The SMILES string of the molecule is COc1cc(Cl)c(C)cc1NC(=O)CCNC(=O)C1CCCC(N)C1. The predicted octanol–water partition coefficient (Wildman–Crippen LogP) is 2.62. The number of methoxy groups -OCH3 is 1. The molecule has 1 fully saturated rings. The number of halogens is 1. The van der Waals surface area contributed by atoms with Crippen molar-refractivity contribution in [3.63, 3.8) is 0 Å². The summed E-state index contributed by atoms with van der Waals surface area (Å²) in [6.45, 7) is 2.15. The van der Waals surface area contributed by atoms with Crippen LogP contribution < -0.4 is 21.1 Å². The zero-order valence-electron chi connectivity index (χ0n) is 14.7. The topological polar surface area (TPSA) is 93.5 Å². The van der Waals surface area contributed by atoms with E-state index in [0.29, 0.717) is 23.0 Å². The third kappa shape index (κ3) is 5.61. The number of hydrogen-bond donors (Lipinski definition) is 3. The Bertz CT molecular complexity index is 636. The zero-order chi connectivity index (χ0) is 18.4. The van der Waals surface area contributed by atoms with E-state index in [0.717, 1.165) is 31.2 Å². The van der Waals surface area contributed by atoms with E-state index in [-0.39, 0.29) is 30.2 Å². The molecule has 4 N–H and O–H groups in total. The molecule has 1 aromatic rings. The van der Waals surface area contributed by atoms with E-state index >= 15 is 0 Å². The highest BCUT2D eigenvalue weighted by molar-refractivity contribution is 6.31. The van der Waals surface area contributed by atoms with Crippen LogP contribution >= 0.6 is 11.6 Å². The van der Waals surface area contributed by atoms with Crippen LogP contribution in [0, 0.1) is 12.8 Å². The van der Waals surface area contributed by atoms with Crippen LogP contribution in [0.2, 0.25) is 5.02 Å². The van der Waals surface area contributed by atoms with E-state index in [9.17, 15) is 9.59 Å². The first kappa shape index (κ1) is 19.5. The third-order valence-corrected chi connectivity index (χ3v) is 4.90. The van der Waals surface area contributed by atoms with Gasteiger partial charge in [-0.25, -0.2) is 0 Å². The van der Waals surface area contributed by atoms with Gasteiger partial charge in [-0.2, -0.15) is 0 Å². The minimum Gasteiger partial charge on any atom is -0.495 e. The van der Waals surface area contributed by atoms with Crippen LogP contribution in [0.1, 0.15) is 37.7 Å². The van der Waals surface area contributed by atoms with E-state index < -0.39 is 0 Å². The zero-order valence-corrected chi connectivity index (χ0v) is 15.5. The molecule has 1 aliphatic rings. The predicted molar refractivity (Wildman–Crippen MR) is 98.9 cm³/mol. The monoisotopic (exact) mass is 367 g/mol. The Balaban J connectivity index is 1.81. The molecule has 0 aliphatic heterocycles. The van der Waals surface area contributed by atoms with Crippen molar-refractivity contribution < 1.29 is 14.3 Å². The number of aryl methyl sites for hydroxylation is 1. The Morgan fingerprint density at radius 3 is 2.80 bits per heavy atom. The average molecular weight is 368 g/mol. The summed E-state index contributed by atoms with van der Waals surface area (Å²) in [4.78, 5) is 24.2. The van der Waals surface area contributed by atoms with Gasteiger partial charge in [-0.3, -0.25) is 9.59 Å². The molecule has 2 amide bonds. The number of hydrogen-bond acceptors (Lipinski definition) is 4. The molecule has 0 spiro atoms. The van der Waals surface area contributed by atoms with Gasteiger partial charge in [0.1, 0.15) is 5.75 Å². The first-order valence-electron chi connectivity index (χ1n) is 8.58. The van der Waals surface area contributed by atoms with Crippen LogP contribution in [-0.4, -0.2) is 31.5 Å². The lowest BCUT2D eigenvalue weighted by Gasteiger charge is -2.25. The quantitative estimate of drug-likeness (QED) is 0.720. The van der Waals surface area contributed by atoms with E-state index in [2.05, 4.69) is 10.6 Å². The van der Waals surface area contributed by atoms with E-state index in [1.165, 1.54) is 7.11 Å². The second kappa shape index (κ2) is 9.06. The molecule has 2 unspecified atom stereocenters. The highest BCUT2D eigenvalue weighted by Gasteiger charge is 2.25. The standard InChI is InChI=1S/C18H26ClN3O3/c1-11-8-15(16(25-2)10-14(11)19)22-17(23)6-7-21-18(24)12-4-3-5-13(20)9-12/h8,10,12-13H,3-7,9,20H2,1-2H3,(H,21,24)(H,22,23). The lowest BCUT2D eigenvalue weighted by molar-refractivity contribution is -0.126. The summed E-state index contributed by atoms with van der Waals surface area (Å²) in [5, 5.41) is 6.20. The summed E-state index contributed by atoms with van der Waals surface area (Å²) in [7, 11) is 1.52. The van der Waals surface area contributed by atoms with Gasteiger partial charge >= 0.3 is 0 Å². The summed E-state index contributed by atoms with van der Waals surface area (Å²) in [6, 6.07) is 3.54. The number of anilines is 1. The molecule has 1 aromatic carbocycles. The second-order valence-corrected chi connectivity index (χ2v) is 6.92. The minimum atomic E-state index is -0.194. The first-order chi connectivity index (χ1) is 11.9. The van der Waals surface area contributed by atoms with Crippen LogP contribution in [0.3, 0.4) is 0 Å². The molecule has 7 heteroatoms. The number of nitrogens with two attached hydrogens (primary N) is 1. The van der Waals surface area contributed by atoms with Crippen molar-refractivity contribution >= 4 is 29.1 Å². The molecule has 25 heavy (non-hydrogen) atoms. The number of benzene rings is 1. The third-order valence-electron chi connectivity index (χ3n) is 4.49. The van der Waals surface area contributed by atoms with Gasteiger partial charge in [-0.1, -0.05) is 18.0 Å². The van der Waals surface area contributed by atoms with Crippen molar-refractivity contribution in [3.8, 4) is 5.75 Å². The molecular formula is C18H26ClN3O3. The van der Waals surface area contributed by atoms with Gasteiger partial charge in [0.05, 0.1) is 12.8 Å². The number of ether oxygens (including phenoxy) is 1. The van der Waals surface area contributed by atoms with Crippen LogP contribution in [0.25, 0.3) is 0 Å². The van der Waals surface area contributed by atoms with E-state index in [1.54, 1.807) is 12.1 Å². The van der Waals surface area contributed by atoms with Gasteiger partial charge in [-0.15, -0.1) is 0 Å². The fourth-order valence-electron chi connectivity index (χ4n) is 3.05. The fraction of sp³-hybridized carbons (Fsp3) is 0.556. The molecule has 6 nitrogen and oxygen atoms in total. The summed E-state index contributed by atoms with van der Waals surface area (Å²) in [5.74, 6) is 0.263. The molecule has 138 valence electrons. The smallest absolute Gasteiger partial charge is 0.226 e. The molecular weight excluding hydrogens is 342 g/mol. The molecule has 0 heterocycles. The molecule has 2 rings (SSSR count). The molecule has 1 aliphatic carbocycles. The van der Waals surface area contributed by atoms with Crippen molar-refractivity contribution in [3.05, 3.63) is 22.7 Å². The number of carbonyl (C=O) groups excluding carboxylic acids is 2. The van der Waals surface area contributed by atoms with Gasteiger partial charge in [0, 0.05) is 36.0 Å². The van der Waals surface area contributed by atoms with Crippen molar-refractivity contribution in [2.45, 2.75) is 45.1 Å². The molecule has 2 atom stereocenters. The van der Waals surface area contributed by atoms with E-state index in [1.807, 2.05) is 6.92 Å². The van der Waals surface area contributed by atoms with Crippen molar-refractivity contribution in [2.24, 2.45) is 11.7 Å². The summed E-state index contributed by atoms with van der Waals surface area (Å²) >= 11 is 6.05. The maximum absolute atomic E-state index is 12.1. The maximum atomic E-state index is 12.1. The molecule has 1 saturated carbocycles. The van der Waals surface area contributed by atoms with Crippen molar-refractivity contribution in [1.29, 1.82) is 0 Å². The first-order valence-corrected chi connectivity index (χ1v) is 8.95. The van der Waals surface area contributed by atoms with Crippen molar-refractivity contribution in [2.75, 3.05) is 19.0 Å². The van der Waals surface area contributed by atoms with Crippen LogP contribution in [0.15, 0.2) is 12.1 Å². The Kier molecular flexibility index (Phi) is 7.08. The maximum Gasteiger partial charge on any atom is 0.226 e. The fourth-order valence-corrected chi connectivity index (χ4v) is 3.21. The Hall–Kier alpha value is -1.79. The Morgan fingerprint density at radius 1 is 1.36 bits per heavy atom. The minimum absolute atomic E-state index is 0.0112. The van der Waals surface area contributed by atoms with Crippen LogP contribution in [0.4, 0.5) is 5.69 Å². The number of carbonyl (C=O) groups is 2. The van der Waals surface area contributed by atoms with Crippen molar-refractivity contribution in [1.82, 2.24) is 5.32 Å². The van der Waals surface area contributed by atoms with Gasteiger partial charge in [0.2, 0.25) is 11.8 Å².